The Bertz CT molecular complexity index is 556. The van der Waals surface area contributed by atoms with E-state index in [1.54, 1.807) is 18.7 Å². The Morgan fingerprint density at radius 2 is 2.09 bits per heavy atom. The van der Waals surface area contributed by atoms with Crippen molar-refractivity contribution in [2.24, 2.45) is 0 Å². The maximum atomic E-state index is 11.3. The molecule has 2 heterocycles. The monoisotopic (exact) mass is 308 g/mol. The van der Waals surface area contributed by atoms with Crippen molar-refractivity contribution in [3.63, 3.8) is 0 Å². The molecule has 0 atom stereocenters. The molecule has 120 valence electrons. The highest BCUT2D eigenvalue weighted by molar-refractivity contribution is 5.86. The molecular weight excluding hydrogens is 288 g/mol. The van der Waals surface area contributed by atoms with Gasteiger partial charge in [0, 0.05) is 32.1 Å². The van der Waals surface area contributed by atoms with Crippen LogP contribution in [0.1, 0.15) is 37.2 Å². The summed E-state index contributed by atoms with van der Waals surface area (Å²) in [5, 5.41) is 12.3. The summed E-state index contributed by atoms with van der Waals surface area (Å²) >= 11 is 0. The number of nitrogens with one attached hydrogen (secondary N) is 1. The Hall–Kier alpha value is -2.38. The van der Waals surface area contributed by atoms with Crippen molar-refractivity contribution in [2.45, 2.75) is 32.7 Å². The number of carbonyl (C=O) groups is 2. The van der Waals surface area contributed by atoms with E-state index in [1.807, 2.05) is 0 Å². The molecule has 0 unspecified atom stereocenters. The van der Waals surface area contributed by atoms with E-state index in [2.05, 4.69) is 15.3 Å². The number of piperidine rings is 1. The molecule has 0 radical (unpaired) electrons. The molecule has 8 heteroatoms. The van der Waals surface area contributed by atoms with E-state index < -0.39 is 5.97 Å². The lowest BCUT2D eigenvalue weighted by Gasteiger charge is -2.32. The number of nitrogens with zero attached hydrogens (tertiary/aromatic N) is 3. The maximum Gasteiger partial charge on any atom is 0.354 e. The molecule has 1 amide bonds. The predicted octanol–water partition coefficient (Wildman–Crippen LogP) is 0.996. The van der Waals surface area contributed by atoms with Crippen LogP contribution < -0.4 is 10.1 Å². The molecule has 0 aromatic carbocycles. The summed E-state index contributed by atoms with van der Waals surface area (Å²) in [7, 11) is 0. The number of carboxylic acid groups (broad SMARTS) is 1. The number of carboxylic acids is 1. The molecule has 1 aromatic rings. The standard InChI is InChI=1S/C14H20N4O4/c1-3-22-14-16-11(13(20)21)8-12(17-14)15-10-4-6-18(7-5-10)9(2)19/h8,10H,3-7H2,1-2H3,(H,20,21)(H,15,16,17). The molecule has 22 heavy (non-hydrogen) atoms. The fraction of sp³-hybridized carbons (Fsp3) is 0.571. The van der Waals surface area contributed by atoms with Crippen LogP contribution in [0.5, 0.6) is 6.01 Å². The Kier molecular flexibility index (Phi) is 5.13. The summed E-state index contributed by atoms with van der Waals surface area (Å²) in [4.78, 5) is 32.2. The lowest BCUT2D eigenvalue weighted by molar-refractivity contribution is -0.129. The highest BCUT2D eigenvalue weighted by Gasteiger charge is 2.21. The fourth-order valence-electron chi connectivity index (χ4n) is 2.35. The van der Waals surface area contributed by atoms with Gasteiger partial charge in [-0.3, -0.25) is 4.79 Å². The van der Waals surface area contributed by atoms with Crippen LogP contribution in [0.2, 0.25) is 0 Å². The Balaban J connectivity index is 2.06. The second kappa shape index (κ2) is 7.06. The quantitative estimate of drug-likeness (QED) is 0.836. The van der Waals surface area contributed by atoms with Gasteiger partial charge in [0.15, 0.2) is 5.69 Å². The number of likely N-dealkylation sites (tertiary alicyclic amines) is 1. The molecule has 1 saturated heterocycles. The zero-order chi connectivity index (χ0) is 16.1. The number of amides is 1. The third-order valence-corrected chi connectivity index (χ3v) is 3.49. The second-order valence-electron chi connectivity index (χ2n) is 5.08. The molecule has 1 aliphatic heterocycles. The number of aromatic nitrogens is 2. The fourth-order valence-corrected chi connectivity index (χ4v) is 2.35. The van der Waals surface area contributed by atoms with Gasteiger partial charge in [0.05, 0.1) is 6.61 Å². The van der Waals surface area contributed by atoms with Crippen LogP contribution in [0.25, 0.3) is 0 Å². The van der Waals surface area contributed by atoms with E-state index in [0.29, 0.717) is 25.5 Å². The van der Waals surface area contributed by atoms with Crippen LogP contribution in [-0.2, 0) is 4.79 Å². The number of hydrogen-bond donors (Lipinski definition) is 2. The molecule has 8 nitrogen and oxygen atoms in total. The van der Waals surface area contributed by atoms with Crippen molar-refractivity contribution in [1.82, 2.24) is 14.9 Å². The minimum absolute atomic E-state index is 0.0473. The Morgan fingerprint density at radius 3 is 2.64 bits per heavy atom. The Morgan fingerprint density at radius 1 is 1.41 bits per heavy atom. The summed E-state index contributed by atoms with van der Waals surface area (Å²) in [5.41, 5.74) is -0.109. The highest BCUT2D eigenvalue weighted by atomic mass is 16.5. The topological polar surface area (TPSA) is 105 Å². The Labute approximate surface area is 128 Å². The van der Waals surface area contributed by atoms with Gasteiger partial charge in [-0.1, -0.05) is 0 Å². The van der Waals surface area contributed by atoms with Crippen LogP contribution in [-0.4, -0.2) is 57.6 Å². The van der Waals surface area contributed by atoms with E-state index >= 15 is 0 Å². The molecule has 1 fully saturated rings. The minimum atomic E-state index is -1.13. The summed E-state index contributed by atoms with van der Waals surface area (Å²) in [6.45, 7) is 5.07. The smallest absolute Gasteiger partial charge is 0.354 e. The van der Waals surface area contributed by atoms with Crippen LogP contribution in [0, 0.1) is 0 Å². The number of aromatic carboxylic acids is 1. The third-order valence-electron chi connectivity index (χ3n) is 3.49. The van der Waals surface area contributed by atoms with Gasteiger partial charge in [0.1, 0.15) is 5.82 Å². The lowest BCUT2D eigenvalue weighted by atomic mass is 10.1. The van der Waals surface area contributed by atoms with Crippen molar-refractivity contribution in [3.8, 4) is 6.01 Å². The summed E-state index contributed by atoms with van der Waals surface area (Å²) in [6, 6.07) is 1.58. The van der Waals surface area contributed by atoms with Gasteiger partial charge in [0.25, 0.3) is 0 Å². The predicted molar refractivity (Wildman–Crippen MR) is 79.1 cm³/mol. The molecule has 2 N–H and O–H groups in total. The second-order valence-corrected chi connectivity index (χ2v) is 5.08. The van der Waals surface area contributed by atoms with Gasteiger partial charge in [-0.25, -0.2) is 4.79 Å². The first-order chi connectivity index (χ1) is 10.5. The lowest BCUT2D eigenvalue weighted by Crippen LogP contribution is -2.41. The van der Waals surface area contributed by atoms with Gasteiger partial charge >= 0.3 is 12.0 Å². The molecular formula is C14H20N4O4. The van der Waals surface area contributed by atoms with Gasteiger partial charge in [-0.15, -0.1) is 0 Å². The van der Waals surface area contributed by atoms with Crippen LogP contribution in [0.3, 0.4) is 0 Å². The average Bonchev–Trinajstić information content (AvgIpc) is 2.48. The van der Waals surface area contributed by atoms with Crippen LogP contribution in [0.15, 0.2) is 6.07 Å². The van der Waals surface area contributed by atoms with Crippen LogP contribution in [0.4, 0.5) is 5.82 Å². The van der Waals surface area contributed by atoms with Crippen LogP contribution >= 0.6 is 0 Å². The van der Waals surface area contributed by atoms with E-state index in [1.165, 1.54) is 6.07 Å². The maximum absolute atomic E-state index is 11.3. The highest BCUT2D eigenvalue weighted by Crippen LogP contribution is 2.18. The number of rotatable bonds is 5. The molecule has 0 saturated carbocycles. The zero-order valence-electron chi connectivity index (χ0n) is 12.7. The van der Waals surface area contributed by atoms with Crippen molar-refractivity contribution in [2.75, 3.05) is 25.0 Å². The largest absolute Gasteiger partial charge is 0.477 e. The van der Waals surface area contributed by atoms with Gasteiger partial charge in [-0.2, -0.15) is 9.97 Å². The molecule has 1 aromatic heterocycles. The van der Waals surface area contributed by atoms with E-state index in [4.69, 9.17) is 9.84 Å². The minimum Gasteiger partial charge on any atom is -0.477 e. The van der Waals surface area contributed by atoms with E-state index in [9.17, 15) is 9.59 Å². The number of carbonyl (C=O) groups excluding carboxylic acids is 1. The zero-order valence-corrected chi connectivity index (χ0v) is 12.7. The molecule has 1 aliphatic rings. The number of anilines is 1. The first-order valence-electron chi connectivity index (χ1n) is 7.26. The van der Waals surface area contributed by atoms with Gasteiger partial charge < -0.3 is 20.1 Å². The molecule has 0 spiro atoms. The van der Waals surface area contributed by atoms with Gasteiger partial charge in [-0.05, 0) is 19.8 Å². The molecule has 2 rings (SSSR count). The van der Waals surface area contributed by atoms with E-state index in [-0.39, 0.29) is 23.7 Å². The average molecular weight is 308 g/mol. The first-order valence-corrected chi connectivity index (χ1v) is 7.26. The van der Waals surface area contributed by atoms with Crippen molar-refractivity contribution in [1.29, 1.82) is 0 Å². The van der Waals surface area contributed by atoms with E-state index in [0.717, 1.165) is 12.8 Å². The third kappa shape index (κ3) is 4.06. The SMILES string of the molecule is CCOc1nc(NC2CCN(C(C)=O)CC2)cc(C(=O)O)n1. The molecule has 0 aliphatic carbocycles. The van der Waals surface area contributed by atoms with Crippen molar-refractivity contribution in [3.05, 3.63) is 11.8 Å². The number of hydrogen-bond acceptors (Lipinski definition) is 6. The first kappa shape index (κ1) is 16.0. The number of ether oxygens (including phenoxy) is 1. The van der Waals surface area contributed by atoms with Crippen molar-refractivity contribution >= 4 is 17.7 Å². The van der Waals surface area contributed by atoms with Crippen molar-refractivity contribution < 1.29 is 19.4 Å². The summed E-state index contributed by atoms with van der Waals surface area (Å²) in [5.74, 6) is -0.623. The van der Waals surface area contributed by atoms with Gasteiger partial charge in [0.2, 0.25) is 5.91 Å². The summed E-state index contributed by atoms with van der Waals surface area (Å²) in [6.07, 6.45) is 1.58. The molecule has 0 bridgehead atoms. The summed E-state index contributed by atoms with van der Waals surface area (Å²) < 4.78 is 5.20. The normalized spacial score (nSPS) is 15.5.